The van der Waals surface area contributed by atoms with Crippen molar-refractivity contribution in [3.63, 3.8) is 0 Å². The third-order valence-electron chi connectivity index (χ3n) is 3.86. The van der Waals surface area contributed by atoms with E-state index in [0.29, 0.717) is 5.92 Å². The van der Waals surface area contributed by atoms with Crippen LogP contribution in [0.3, 0.4) is 0 Å². The van der Waals surface area contributed by atoms with Crippen molar-refractivity contribution in [2.75, 3.05) is 0 Å². The molecule has 0 spiro atoms. The SMILES string of the molecule is Cc1ccc(CNC(C(C)C)C(O)c2ccccc2)cc1. The van der Waals surface area contributed by atoms with Crippen molar-refractivity contribution in [2.45, 2.75) is 39.5 Å². The fourth-order valence-electron chi connectivity index (χ4n) is 2.51. The first kappa shape index (κ1) is 15.7. The molecule has 2 atom stereocenters. The quantitative estimate of drug-likeness (QED) is 0.844. The lowest BCUT2D eigenvalue weighted by Crippen LogP contribution is -2.38. The molecule has 112 valence electrons. The van der Waals surface area contributed by atoms with Gasteiger partial charge in [0, 0.05) is 12.6 Å². The van der Waals surface area contributed by atoms with Crippen LogP contribution in [0.15, 0.2) is 54.6 Å². The van der Waals surface area contributed by atoms with Gasteiger partial charge in [0.25, 0.3) is 0 Å². The average molecular weight is 283 g/mol. The smallest absolute Gasteiger partial charge is 0.0945 e. The van der Waals surface area contributed by atoms with Gasteiger partial charge < -0.3 is 10.4 Å². The molecule has 0 saturated carbocycles. The summed E-state index contributed by atoms with van der Waals surface area (Å²) in [5.41, 5.74) is 3.47. The molecule has 0 bridgehead atoms. The van der Waals surface area contributed by atoms with Crippen molar-refractivity contribution >= 4 is 0 Å². The molecule has 0 amide bonds. The number of nitrogens with one attached hydrogen (secondary N) is 1. The van der Waals surface area contributed by atoms with Gasteiger partial charge in [-0.15, -0.1) is 0 Å². The Kier molecular flexibility index (Phi) is 5.54. The predicted octanol–water partition coefficient (Wildman–Crippen LogP) is 3.84. The zero-order chi connectivity index (χ0) is 15.2. The van der Waals surface area contributed by atoms with Gasteiger partial charge in [-0.3, -0.25) is 0 Å². The van der Waals surface area contributed by atoms with Crippen LogP contribution in [-0.4, -0.2) is 11.1 Å². The van der Waals surface area contributed by atoms with Crippen LogP contribution in [-0.2, 0) is 6.54 Å². The summed E-state index contributed by atoms with van der Waals surface area (Å²) in [4.78, 5) is 0. The van der Waals surface area contributed by atoms with Crippen molar-refractivity contribution in [3.05, 3.63) is 71.3 Å². The number of aryl methyl sites for hydroxylation is 1. The number of benzene rings is 2. The summed E-state index contributed by atoms with van der Waals surface area (Å²) in [5.74, 6) is 0.352. The third-order valence-corrected chi connectivity index (χ3v) is 3.86. The van der Waals surface area contributed by atoms with E-state index in [4.69, 9.17) is 0 Å². The minimum atomic E-state index is -0.489. The van der Waals surface area contributed by atoms with Gasteiger partial charge >= 0.3 is 0 Å². The minimum Gasteiger partial charge on any atom is -0.387 e. The highest BCUT2D eigenvalue weighted by molar-refractivity contribution is 5.22. The van der Waals surface area contributed by atoms with Crippen LogP contribution in [0.5, 0.6) is 0 Å². The average Bonchev–Trinajstić information content (AvgIpc) is 2.49. The highest BCUT2D eigenvalue weighted by Crippen LogP contribution is 2.22. The largest absolute Gasteiger partial charge is 0.387 e. The monoisotopic (exact) mass is 283 g/mol. The zero-order valence-electron chi connectivity index (χ0n) is 13.1. The fourth-order valence-corrected chi connectivity index (χ4v) is 2.51. The van der Waals surface area contributed by atoms with Gasteiger partial charge in [-0.25, -0.2) is 0 Å². The van der Waals surface area contributed by atoms with E-state index in [9.17, 15) is 5.11 Å². The molecule has 2 unspecified atom stereocenters. The molecule has 0 saturated heterocycles. The van der Waals surface area contributed by atoms with E-state index >= 15 is 0 Å². The second kappa shape index (κ2) is 7.39. The molecule has 0 fully saturated rings. The highest BCUT2D eigenvalue weighted by Gasteiger charge is 2.23. The van der Waals surface area contributed by atoms with E-state index in [2.05, 4.69) is 50.4 Å². The van der Waals surface area contributed by atoms with E-state index in [1.165, 1.54) is 11.1 Å². The predicted molar refractivity (Wildman–Crippen MR) is 88.0 cm³/mol. The minimum absolute atomic E-state index is 0.0358. The van der Waals surface area contributed by atoms with Crippen molar-refractivity contribution < 1.29 is 5.11 Å². The Bertz CT molecular complexity index is 533. The van der Waals surface area contributed by atoms with Crippen LogP contribution in [0.2, 0.25) is 0 Å². The summed E-state index contributed by atoms with van der Waals surface area (Å²) in [6.07, 6.45) is -0.489. The molecule has 0 radical (unpaired) electrons. The van der Waals surface area contributed by atoms with Crippen LogP contribution in [0.25, 0.3) is 0 Å². The number of rotatable bonds is 6. The molecule has 2 rings (SSSR count). The van der Waals surface area contributed by atoms with Crippen LogP contribution in [0.1, 0.15) is 36.6 Å². The zero-order valence-corrected chi connectivity index (χ0v) is 13.1. The Morgan fingerprint density at radius 2 is 1.57 bits per heavy atom. The Labute approximate surface area is 127 Å². The maximum absolute atomic E-state index is 10.6. The Morgan fingerprint density at radius 3 is 2.14 bits per heavy atom. The topological polar surface area (TPSA) is 32.3 Å². The first-order chi connectivity index (χ1) is 10.1. The fraction of sp³-hybridized carbons (Fsp3) is 0.368. The van der Waals surface area contributed by atoms with E-state index in [1.54, 1.807) is 0 Å². The second-order valence-electron chi connectivity index (χ2n) is 5.99. The van der Waals surface area contributed by atoms with E-state index in [1.807, 2.05) is 30.3 Å². The number of aliphatic hydroxyl groups is 1. The van der Waals surface area contributed by atoms with Crippen LogP contribution in [0.4, 0.5) is 0 Å². The van der Waals surface area contributed by atoms with Gasteiger partial charge in [-0.1, -0.05) is 74.0 Å². The van der Waals surface area contributed by atoms with Gasteiger partial charge in [0.05, 0.1) is 6.10 Å². The molecule has 0 aliphatic carbocycles. The molecule has 2 nitrogen and oxygen atoms in total. The molecule has 0 heterocycles. The molecule has 0 aliphatic heterocycles. The molecule has 21 heavy (non-hydrogen) atoms. The molecular weight excluding hydrogens is 258 g/mol. The Balaban J connectivity index is 2.04. The van der Waals surface area contributed by atoms with Gasteiger partial charge in [-0.05, 0) is 24.0 Å². The number of hydrogen-bond donors (Lipinski definition) is 2. The maximum atomic E-state index is 10.6. The summed E-state index contributed by atoms with van der Waals surface area (Å²) < 4.78 is 0. The summed E-state index contributed by atoms with van der Waals surface area (Å²) in [6.45, 7) is 7.14. The van der Waals surface area contributed by atoms with Crippen LogP contribution >= 0.6 is 0 Å². The number of hydrogen-bond acceptors (Lipinski definition) is 2. The maximum Gasteiger partial charge on any atom is 0.0945 e. The lowest BCUT2D eigenvalue weighted by molar-refractivity contribution is 0.104. The summed E-state index contributed by atoms with van der Waals surface area (Å²) >= 11 is 0. The molecule has 2 aromatic carbocycles. The van der Waals surface area contributed by atoms with E-state index in [0.717, 1.165) is 12.1 Å². The third kappa shape index (κ3) is 4.42. The highest BCUT2D eigenvalue weighted by atomic mass is 16.3. The lowest BCUT2D eigenvalue weighted by Gasteiger charge is -2.28. The number of aliphatic hydroxyl groups excluding tert-OH is 1. The van der Waals surface area contributed by atoms with Crippen molar-refractivity contribution in [1.82, 2.24) is 5.32 Å². The first-order valence-corrected chi connectivity index (χ1v) is 7.60. The molecule has 2 heteroatoms. The Morgan fingerprint density at radius 1 is 0.952 bits per heavy atom. The Hall–Kier alpha value is -1.64. The lowest BCUT2D eigenvalue weighted by atomic mass is 9.93. The summed E-state index contributed by atoms with van der Waals surface area (Å²) in [7, 11) is 0. The van der Waals surface area contributed by atoms with Crippen molar-refractivity contribution in [3.8, 4) is 0 Å². The molecule has 0 aliphatic rings. The molecule has 2 aromatic rings. The first-order valence-electron chi connectivity index (χ1n) is 7.60. The van der Waals surface area contributed by atoms with Gasteiger partial charge in [0.2, 0.25) is 0 Å². The van der Waals surface area contributed by atoms with Gasteiger partial charge in [0.15, 0.2) is 0 Å². The molecule has 0 aromatic heterocycles. The summed E-state index contributed by atoms with van der Waals surface area (Å²) in [5, 5.41) is 14.1. The second-order valence-corrected chi connectivity index (χ2v) is 5.99. The molecular formula is C19H25NO. The standard InChI is InChI=1S/C19H25NO/c1-14(2)18(19(21)17-7-5-4-6-8-17)20-13-16-11-9-15(3)10-12-16/h4-12,14,18-21H,13H2,1-3H3. The summed E-state index contributed by atoms with van der Waals surface area (Å²) in [6, 6.07) is 18.4. The normalized spacial score (nSPS) is 14.1. The van der Waals surface area contributed by atoms with Gasteiger partial charge in [-0.2, -0.15) is 0 Å². The van der Waals surface area contributed by atoms with Crippen molar-refractivity contribution in [1.29, 1.82) is 0 Å². The molecule has 2 N–H and O–H groups in total. The van der Waals surface area contributed by atoms with E-state index in [-0.39, 0.29) is 6.04 Å². The van der Waals surface area contributed by atoms with E-state index < -0.39 is 6.10 Å². The van der Waals surface area contributed by atoms with Crippen LogP contribution in [0, 0.1) is 12.8 Å². The van der Waals surface area contributed by atoms with Gasteiger partial charge in [0.1, 0.15) is 0 Å². The van der Waals surface area contributed by atoms with Crippen LogP contribution < -0.4 is 5.32 Å². The van der Waals surface area contributed by atoms with Crippen molar-refractivity contribution in [2.24, 2.45) is 5.92 Å².